The van der Waals surface area contributed by atoms with Crippen LogP contribution in [0, 0.1) is 0 Å². The molecule has 2 aliphatic rings. The maximum Gasteiger partial charge on any atom is 0.159 e. The molecule has 9 heteroatoms. The maximum absolute atomic E-state index is 5.45. The van der Waals surface area contributed by atoms with Crippen molar-refractivity contribution in [3.05, 3.63) is 36.0 Å². The number of aromatic amines is 1. The molecule has 3 aromatic heterocycles. The van der Waals surface area contributed by atoms with Crippen molar-refractivity contribution in [2.45, 2.75) is 34.4 Å². The first-order valence-electron chi connectivity index (χ1n) is 10.1. The van der Waals surface area contributed by atoms with Crippen LogP contribution in [0.4, 0.5) is 0 Å². The average Bonchev–Trinajstić information content (AvgIpc) is 3.25. The van der Waals surface area contributed by atoms with Crippen LogP contribution in [0.1, 0.15) is 29.3 Å². The normalized spacial score (nSPS) is 20.1. The predicted octanol–water partition coefficient (Wildman–Crippen LogP) is 3.34. The highest BCUT2D eigenvalue weighted by molar-refractivity contribution is 8.00. The quantitative estimate of drug-likeness (QED) is 0.473. The summed E-state index contributed by atoms with van der Waals surface area (Å²) in [7, 11) is 0. The third-order valence-corrected chi connectivity index (χ3v) is 7.85. The molecule has 1 aliphatic carbocycles. The van der Waals surface area contributed by atoms with Crippen molar-refractivity contribution in [1.82, 2.24) is 30.0 Å². The lowest BCUT2D eigenvalue weighted by atomic mass is 9.96. The van der Waals surface area contributed by atoms with Gasteiger partial charge in [-0.1, -0.05) is 11.8 Å². The molecule has 29 heavy (non-hydrogen) atoms. The molecule has 1 atom stereocenters. The molecule has 0 aromatic carbocycles. The summed E-state index contributed by atoms with van der Waals surface area (Å²) in [5, 5.41) is 9.34. The molecular formula is C20H24N6OS2. The van der Waals surface area contributed by atoms with E-state index in [0.717, 1.165) is 67.5 Å². The van der Waals surface area contributed by atoms with Gasteiger partial charge in [0, 0.05) is 36.5 Å². The van der Waals surface area contributed by atoms with Gasteiger partial charge in [-0.25, -0.2) is 9.97 Å². The van der Waals surface area contributed by atoms with Crippen LogP contribution >= 0.6 is 23.5 Å². The second kappa shape index (κ2) is 8.99. The van der Waals surface area contributed by atoms with Crippen molar-refractivity contribution < 1.29 is 4.74 Å². The topological polar surface area (TPSA) is 79.8 Å². The Bertz CT molecular complexity index is 975. The van der Waals surface area contributed by atoms with Crippen molar-refractivity contribution in [1.29, 1.82) is 0 Å². The van der Waals surface area contributed by atoms with E-state index in [1.54, 1.807) is 18.1 Å². The van der Waals surface area contributed by atoms with Gasteiger partial charge in [0.1, 0.15) is 11.4 Å². The fourth-order valence-electron chi connectivity index (χ4n) is 3.95. The Labute approximate surface area is 178 Å². The standard InChI is InChI=1S/C20H24N6OS2/c1-2-14-16(28-11-8-26-6-9-27-10-7-26)4-5-21-18(14)17(3-1)29-20-15-12-24-25-19(15)22-13-23-20/h4-5,12-13,17H,1-3,6-11H2,(H,22,23,24,25). The summed E-state index contributed by atoms with van der Waals surface area (Å²) >= 11 is 3.76. The number of nitrogens with one attached hydrogen (secondary N) is 1. The van der Waals surface area contributed by atoms with Crippen molar-refractivity contribution in [2.75, 3.05) is 38.6 Å². The number of hydrogen-bond acceptors (Lipinski definition) is 8. The molecule has 152 valence electrons. The lowest BCUT2D eigenvalue weighted by Gasteiger charge is -2.27. The van der Waals surface area contributed by atoms with Crippen LogP contribution in [-0.2, 0) is 11.2 Å². The van der Waals surface area contributed by atoms with Crippen LogP contribution in [0.3, 0.4) is 0 Å². The molecule has 7 nitrogen and oxygen atoms in total. The highest BCUT2D eigenvalue weighted by Gasteiger charge is 2.26. The summed E-state index contributed by atoms with van der Waals surface area (Å²) in [6.07, 6.45) is 8.82. The van der Waals surface area contributed by atoms with Crippen LogP contribution in [0.5, 0.6) is 0 Å². The molecule has 0 saturated carbocycles. The first-order valence-corrected chi connectivity index (χ1v) is 12.0. The fourth-order valence-corrected chi connectivity index (χ4v) is 6.31. The number of thioether (sulfide) groups is 2. The van der Waals surface area contributed by atoms with Gasteiger partial charge in [0.25, 0.3) is 0 Å². The molecule has 0 spiro atoms. The van der Waals surface area contributed by atoms with Gasteiger partial charge in [0.2, 0.25) is 0 Å². The van der Waals surface area contributed by atoms with Gasteiger partial charge in [0.15, 0.2) is 5.65 Å². The van der Waals surface area contributed by atoms with Gasteiger partial charge in [-0.15, -0.1) is 11.8 Å². The van der Waals surface area contributed by atoms with E-state index in [-0.39, 0.29) is 0 Å². The zero-order valence-corrected chi connectivity index (χ0v) is 17.8. The van der Waals surface area contributed by atoms with Gasteiger partial charge >= 0.3 is 0 Å². The molecule has 3 aromatic rings. The summed E-state index contributed by atoms with van der Waals surface area (Å²) in [5.41, 5.74) is 3.45. The maximum atomic E-state index is 5.45. The number of aromatic nitrogens is 5. The number of H-pyrrole nitrogens is 1. The van der Waals surface area contributed by atoms with Crippen LogP contribution in [0.2, 0.25) is 0 Å². The molecule has 1 N–H and O–H groups in total. The summed E-state index contributed by atoms with van der Waals surface area (Å²) in [4.78, 5) is 17.4. The first kappa shape index (κ1) is 19.3. The minimum absolute atomic E-state index is 0.326. The van der Waals surface area contributed by atoms with E-state index < -0.39 is 0 Å². The lowest BCUT2D eigenvalue weighted by molar-refractivity contribution is 0.0410. The van der Waals surface area contributed by atoms with E-state index in [9.17, 15) is 0 Å². The highest BCUT2D eigenvalue weighted by atomic mass is 32.2. The summed E-state index contributed by atoms with van der Waals surface area (Å²) in [5.74, 6) is 1.11. The molecule has 0 radical (unpaired) electrons. The highest BCUT2D eigenvalue weighted by Crippen LogP contribution is 2.45. The van der Waals surface area contributed by atoms with E-state index >= 15 is 0 Å². The third-order valence-electron chi connectivity index (χ3n) is 5.48. The minimum atomic E-state index is 0.326. The number of rotatable bonds is 6. The second-order valence-corrected chi connectivity index (χ2v) is 9.61. The Morgan fingerprint density at radius 2 is 2.14 bits per heavy atom. The predicted molar refractivity (Wildman–Crippen MR) is 115 cm³/mol. The van der Waals surface area contributed by atoms with Crippen LogP contribution in [0.15, 0.2) is 34.7 Å². The Morgan fingerprint density at radius 3 is 3.07 bits per heavy atom. The Kier molecular flexibility index (Phi) is 5.98. The van der Waals surface area contributed by atoms with Crippen LogP contribution < -0.4 is 0 Å². The molecule has 0 bridgehead atoms. The van der Waals surface area contributed by atoms with Gasteiger partial charge < -0.3 is 4.74 Å². The van der Waals surface area contributed by atoms with Gasteiger partial charge in [-0.2, -0.15) is 5.10 Å². The molecule has 1 fully saturated rings. The number of nitrogens with zero attached hydrogens (tertiary/aromatic N) is 5. The lowest BCUT2D eigenvalue weighted by Crippen LogP contribution is -2.37. The molecular weight excluding hydrogens is 404 g/mol. The van der Waals surface area contributed by atoms with Gasteiger partial charge in [-0.05, 0) is 30.9 Å². The molecule has 4 heterocycles. The van der Waals surface area contributed by atoms with Crippen molar-refractivity contribution in [2.24, 2.45) is 0 Å². The van der Waals surface area contributed by atoms with Crippen molar-refractivity contribution >= 4 is 34.6 Å². The second-order valence-electron chi connectivity index (χ2n) is 7.29. The number of ether oxygens (including phenoxy) is 1. The third kappa shape index (κ3) is 4.28. The van der Waals surface area contributed by atoms with Crippen LogP contribution in [-0.4, -0.2) is 68.7 Å². The van der Waals surface area contributed by atoms with Crippen molar-refractivity contribution in [3.8, 4) is 0 Å². The Morgan fingerprint density at radius 1 is 1.21 bits per heavy atom. The molecule has 0 amide bonds. The van der Waals surface area contributed by atoms with Crippen molar-refractivity contribution in [3.63, 3.8) is 0 Å². The number of pyridine rings is 1. The molecule has 1 saturated heterocycles. The largest absolute Gasteiger partial charge is 0.379 e. The van der Waals surface area contributed by atoms with E-state index in [1.165, 1.54) is 22.6 Å². The summed E-state index contributed by atoms with van der Waals surface area (Å²) in [6, 6.07) is 2.19. The first-order chi connectivity index (χ1) is 14.4. The molecule has 1 aliphatic heterocycles. The molecule has 1 unspecified atom stereocenters. The van der Waals surface area contributed by atoms with E-state index in [0.29, 0.717) is 5.25 Å². The summed E-state index contributed by atoms with van der Waals surface area (Å²) < 4.78 is 5.45. The van der Waals surface area contributed by atoms with Gasteiger partial charge in [-0.3, -0.25) is 15.0 Å². The fraction of sp³-hybridized carbons (Fsp3) is 0.500. The number of hydrogen-bond donors (Lipinski definition) is 1. The zero-order valence-electron chi connectivity index (χ0n) is 16.2. The Hall–Kier alpha value is -1.68. The van der Waals surface area contributed by atoms with Gasteiger partial charge in [0.05, 0.1) is 35.7 Å². The van der Waals surface area contributed by atoms with E-state index in [1.807, 2.05) is 24.2 Å². The zero-order chi connectivity index (χ0) is 19.5. The SMILES string of the molecule is c1cc(SCCN2CCOCC2)c2c(n1)C(Sc1ncnc3[nH]ncc13)CCC2. The monoisotopic (exact) mass is 428 g/mol. The van der Waals surface area contributed by atoms with E-state index in [4.69, 9.17) is 9.72 Å². The molecule has 5 rings (SSSR count). The number of fused-ring (bicyclic) bond motifs is 2. The smallest absolute Gasteiger partial charge is 0.159 e. The van der Waals surface area contributed by atoms with E-state index in [2.05, 4.69) is 31.1 Å². The summed E-state index contributed by atoms with van der Waals surface area (Å²) in [6.45, 7) is 4.94. The Balaban J connectivity index is 1.31. The van der Waals surface area contributed by atoms with Crippen LogP contribution in [0.25, 0.3) is 11.0 Å². The average molecular weight is 429 g/mol. The minimum Gasteiger partial charge on any atom is -0.379 e. The number of morpholine rings is 1.